The summed E-state index contributed by atoms with van der Waals surface area (Å²) in [5.74, 6) is -0.139. The summed E-state index contributed by atoms with van der Waals surface area (Å²) in [6.07, 6.45) is 1.29. The van der Waals surface area contributed by atoms with Crippen molar-refractivity contribution in [2.24, 2.45) is 0 Å². The zero-order valence-corrected chi connectivity index (χ0v) is 18.6. The average Bonchev–Trinajstić information content (AvgIpc) is 3.58. The van der Waals surface area contributed by atoms with Gasteiger partial charge in [0.25, 0.3) is 5.56 Å². The lowest BCUT2D eigenvalue weighted by molar-refractivity contribution is -0.146. The number of rotatable bonds is 7. The Labute approximate surface area is 190 Å². The first-order valence-corrected chi connectivity index (χ1v) is 11.2. The fourth-order valence-electron chi connectivity index (χ4n) is 4.40. The molecule has 0 amide bonds. The number of para-hydroxylation sites is 2. The summed E-state index contributed by atoms with van der Waals surface area (Å²) in [6.45, 7) is 3.43. The molecule has 2 aromatic heterocycles. The van der Waals surface area contributed by atoms with Crippen LogP contribution < -0.4 is 5.56 Å². The van der Waals surface area contributed by atoms with Crippen LogP contribution in [0, 0.1) is 6.92 Å². The summed E-state index contributed by atoms with van der Waals surface area (Å²) in [5, 5.41) is 1.40. The van der Waals surface area contributed by atoms with Crippen LogP contribution in [0.3, 0.4) is 0 Å². The average molecular weight is 444 g/mol. The van der Waals surface area contributed by atoms with E-state index >= 15 is 0 Å². The third-order valence-electron chi connectivity index (χ3n) is 6.16. The Kier molecular flexibility index (Phi) is 5.32. The second kappa shape index (κ2) is 8.31. The summed E-state index contributed by atoms with van der Waals surface area (Å²) in [7, 11) is 0. The monoisotopic (exact) mass is 443 g/mol. The zero-order chi connectivity index (χ0) is 23.1. The van der Waals surface area contributed by atoms with Crippen LogP contribution in [0.5, 0.6) is 0 Å². The molecular weight excluding hydrogens is 418 g/mol. The minimum absolute atomic E-state index is 0.0436. The van der Waals surface area contributed by atoms with E-state index in [0.29, 0.717) is 22.3 Å². The number of ketones is 1. The number of Topliss-reactive ketones (excluding diaryl/α,β-unsaturated/α-hetero) is 1. The second-order valence-corrected chi connectivity index (χ2v) is 8.62. The summed E-state index contributed by atoms with van der Waals surface area (Å²) in [4.78, 5) is 46.5. The number of hydrogen-bond donors (Lipinski definition) is 1. The first-order chi connectivity index (χ1) is 15.9. The number of ether oxygens (including phenoxy) is 1. The molecule has 1 saturated carbocycles. The topological polar surface area (TPSA) is 94.1 Å². The highest BCUT2D eigenvalue weighted by Gasteiger charge is 2.29. The molecule has 0 saturated heterocycles. The van der Waals surface area contributed by atoms with E-state index in [1.165, 1.54) is 0 Å². The van der Waals surface area contributed by atoms with Crippen LogP contribution in [-0.4, -0.2) is 32.4 Å². The zero-order valence-electron chi connectivity index (χ0n) is 18.6. The number of aromatic nitrogens is 3. The smallest absolute Gasteiger partial charge is 0.306 e. The Morgan fingerprint density at radius 2 is 1.82 bits per heavy atom. The molecule has 7 nitrogen and oxygen atoms in total. The number of fused-ring (bicyclic) bond motifs is 2. The van der Waals surface area contributed by atoms with E-state index in [1.807, 2.05) is 43.3 Å². The van der Waals surface area contributed by atoms with Crippen LogP contribution in [0.15, 0.2) is 53.3 Å². The molecule has 1 N–H and O–H groups in total. The lowest BCUT2D eigenvalue weighted by Crippen LogP contribution is -2.27. The maximum Gasteiger partial charge on any atom is 0.306 e. The van der Waals surface area contributed by atoms with Gasteiger partial charge in [0.2, 0.25) is 5.78 Å². The molecule has 168 valence electrons. The van der Waals surface area contributed by atoms with Gasteiger partial charge in [0.15, 0.2) is 6.10 Å². The number of nitrogens with one attached hydrogen (secondary N) is 1. The molecule has 0 aliphatic heterocycles. The van der Waals surface area contributed by atoms with Gasteiger partial charge >= 0.3 is 5.97 Å². The Bertz CT molecular complexity index is 1450. The molecule has 33 heavy (non-hydrogen) atoms. The molecule has 0 bridgehead atoms. The standard InChI is InChI=1S/C26H25N3O4/c1-15-24(18-7-3-5-9-20(18)27-15)25(31)16(2)33-23(30)14-13-22-28-21-10-6-4-8-19(21)26(32)29(22)17-11-12-17/h3-10,16-17,27H,11-14H2,1-2H3/t16-/m1/s1. The van der Waals surface area contributed by atoms with E-state index in [1.54, 1.807) is 23.6 Å². The van der Waals surface area contributed by atoms with Crippen LogP contribution >= 0.6 is 0 Å². The van der Waals surface area contributed by atoms with Crippen molar-refractivity contribution in [1.82, 2.24) is 14.5 Å². The van der Waals surface area contributed by atoms with Crippen LogP contribution in [0.4, 0.5) is 0 Å². The van der Waals surface area contributed by atoms with Crippen molar-refractivity contribution in [2.75, 3.05) is 0 Å². The third kappa shape index (κ3) is 3.95. The third-order valence-corrected chi connectivity index (χ3v) is 6.16. The molecule has 1 aliphatic carbocycles. The lowest BCUT2D eigenvalue weighted by atomic mass is 10.0. The van der Waals surface area contributed by atoms with Gasteiger partial charge < -0.3 is 9.72 Å². The van der Waals surface area contributed by atoms with Crippen LogP contribution in [0.1, 0.15) is 54.1 Å². The number of hydrogen-bond acceptors (Lipinski definition) is 5. The van der Waals surface area contributed by atoms with Gasteiger partial charge in [-0.25, -0.2) is 4.98 Å². The van der Waals surface area contributed by atoms with Gasteiger partial charge in [0, 0.05) is 34.6 Å². The summed E-state index contributed by atoms with van der Waals surface area (Å²) >= 11 is 0. The summed E-state index contributed by atoms with van der Waals surface area (Å²) in [6, 6.07) is 15.0. The Hall–Kier alpha value is -3.74. The quantitative estimate of drug-likeness (QED) is 0.340. The molecule has 1 aliphatic rings. The molecule has 1 fully saturated rings. The van der Waals surface area contributed by atoms with Crippen molar-refractivity contribution in [1.29, 1.82) is 0 Å². The van der Waals surface area contributed by atoms with Crippen molar-refractivity contribution in [3.05, 3.63) is 76.0 Å². The van der Waals surface area contributed by atoms with Gasteiger partial charge in [0.1, 0.15) is 5.82 Å². The van der Waals surface area contributed by atoms with E-state index in [9.17, 15) is 14.4 Å². The fraction of sp³-hybridized carbons (Fsp3) is 0.308. The number of benzene rings is 2. The van der Waals surface area contributed by atoms with Gasteiger partial charge in [0.05, 0.1) is 17.3 Å². The first-order valence-electron chi connectivity index (χ1n) is 11.2. The van der Waals surface area contributed by atoms with E-state index in [-0.39, 0.29) is 30.2 Å². The minimum Gasteiger partial charge on any atom is -0.454 e. The Balaban J connectivity index is 1.31. The highest BCUT2D eigenvalue weighted by Crippen LogP contribution is 2.35. The normalized spacial score (nSPS) is 14.5. The number of esters is 1. The first kappa shape index (κ1) is 21.1. The van der Waals surface area contributed by atoms with Gasteiger partial charge in [-0.15, -0.1) is 0 Å². The lowest BCUT2D eigenvalue weighted by Gasteiger charge is -2.14. The molecule has 0 unspecified atom stereocenters. The summed E-state index contributed by atoms with van der Waals surface area (Å²) < 4.78 is 7.20. The molecule has 4 aromatic rings. The Morgan fingerprint density at radius 3 is 2.58 bits per heavy atom. The number of carbonyl (C=O) groups excluding carboxylic acids is 2. The number of H-pyrrole nitrogens is 1. The minimum atomic E-state index is -0.911. The van der Waals surface area contributed by atoms with Gasteiger partial charge in [-0.05, 0) is 44.9 Å². The van der Waals surface area contributed by atoms with Crippen LogP contribution in [0.25, 0.3) is 21.8 Å². The molecular formula is C26H25N3O4. The number of carbonyl (C=O) groups is 2. The molecule has 2 aromatic carbocycles. The molecule has 0 radical (unpaired) electrons. The van der Waals surface area contributed by atoms with E-state index in [0.717, 1.165) is 29.4 Å². The highest BCUT2D eigenvalue weighted by molar-refractivity contribution is 6.11. The van der Waals surface area contributed by atoms with Crippen molar-refractivity contribution in [2.45, 2.75) is 51.7 Å². The van der Waals surface area contributed by atoms with Gasteiger partial charge in [-0.1, -0.05) is 30.3 Å². The summed E-state index contributed by atoms with van der Waals surface area (Å²) in [5.41, 5.74) is 2.73. The van der Waals surface area contributed by atoms with E-state index < -0.39 is 12.1 Å². The van der Waals surface area contributed by atoms with Crippen LogP contribution in [-0.2, 0) is 16.0 Å². The number of aromatic amines is 1. The molecule has 0 spiro atoms. The molecule has 1 atom stereocenters. The molecule has 5 rings (SSSR count). The predicted octanol–water partition coefficient (Wildman–Crippen LogP) is 4.27. The van der Waals surface area contributed by atoms with E-state index in [2.05, 4.69) is 9.97 Å². The van der Waals surface area contributed by atoms with Gasteiger partial charge in [-0.3, -0.25) is 19.0 Å². The fourth-order valence-corrected chi connectivity index (χ4v) is 4.40. The number of aryl methyl sites for hydroxylation is 2. The largest absolute Gasteiger partial charge is 0.454 e. The van der Waals surface area contributed by atoms with Gasteiger partial charge in [-0.2, -0.15) is 0 Å². The highest BCUT2D eigenvalue weighted by atomic mass is 16.5. The molecule has 2 heterocycles. The van der Waals surface area contributed by atoms with Crippen molar-refractivity contribution >= 4 is 33.6 Å². The van der Waals surface area contributed by atoms with Crippen molar-refractivity contribution in [3.63, 3.8) is 0 Å². The van der Waals surface area contributed by atoms with Crippen molar-refractivity contribution < 1.29 is 14.3 Å². The van der Waals surface area contributed by atoms with E-state index in [4.69, 9.17) is 4.74 Å². The molecule has 7 heteroatoms. The predicted molar refractivity (Wildman–Crippen MR) is 126 cm³/mol. The maximum atomic E-state index is 13.0. The van der Waals surface area contributed by atoms with Crippen LogP contribution in [0.2, 0.25) is 0 Å². The SMILES string of the molecule is Cc1[nH]c2ccccc2c1C(=O)[C@@H](C)OC(=O)CCc1nc2ccccc2c(=O)n1C1CC1. The Morgan fingerprint density at radius 1 is 1.12 bits per heavy atom. The second-order valence-electron chi connectivity index (χ2n) is 8.62. The maximum absolute atomic E-state index is 13.0. The van der Waals surface area contributed by atoms with Crippen molar-refractivity contribution in [3.8, 4) is 0 Å². The number of nitrogens with zero attached hydrogens (tertiary/aromatic N) is 2.